The average molecular weight is 489 g/mol. The number of hydrogen-bond donors (Lipinski definition) is 0. The summed E-state index contributed by atoms with van der Waals surface area (Å²) in [6.07, 6.45) is 19.5. The van der Waals surface area contributed by atoms with Crippen LogP contribution in [0.2, 0.25) is 0 Å². The molecule has 0 aliphatic rings. The number of unbranched alkanes of at least 4 members (excludes halogenated alkanes) is 13. The predicted molar refractivity (Wildman–Crippen MR) is 145 cm³/mol. The Labute approximate surface area is 215 Å². The molecule has 0 radical (unpaired) electrons. The first kappa shape index (κ1) is 31.2. The highest BCUT2D eigenvalue weighted by atomic mass is 16.6. The van der Waals surface area contributed by atoms with Crippen LogP contribution in [0.15, 0.2) is 30.3 Å². The third-order valence-electron chi connectivity index (χ3n) is 7.19. The summed E-state index contributed by atoms with van der Waals surface area (Å²) in [5, 5.41) is 0. The Morgan fingerprint density at radius 2 is 1.03 bits per heavy atom. The largest absolute Gasteiger partial charge is 0.465 e. The molecule has 0 bridgehead atoms. The molecule has 0 fully saturated rings. The van der Waals surface area contributed by atoms with Gasteiger partial charge in [-0.25, -0.2) is 0 Å². The molecule has 0 aliphatic heterocycles. The van der Waals surface area contributed by atoms with E-state index in [2.05, 4.69) is 6.92 Å². The number of rotatable bonds is 22. The molecule has 4 heteroatoms. The van der Waals surface area contributed by atoms with Crippen LogP contribution in [0.5, 0.6) is 0 Å². The molecule has 0 N–H and O–H groups in total. The van der Waals surface area contributed by atoms with Crippen molar-refractivity contribution in [2.45, 2.75) is 130 Å². The van der Waals surface area contributed by atoms with Gasteiger partial charge in [-0.1, -0.05) is 135 Å². The summed E-state index contributed by atoms with van der Waals surface area (Å²) in [6, 6.07) is 9.90. The molecule has 1 aromatic carbocycles. The van der Waals surface area contributed by atoms with E-state index < -0.39 is 17.4 Å². The molecule has 1 aromatic rings. The lowest BCUT2D eigenvalue weighted by Gasteiger charge is -2.27. The van der Waals surface area contributed by atoms with Crippen LogP contribution >= 0.6 is 0 Å². The standard InChI is InChI=1S/C31H52O4/c1-4-7-8-9-10-11-12-13-14-15-16-17-18-22-26-34-29(32)31(5-2,6-3)30(33)35-27-25-28-23-20-19-21-24-28/h19-21,23-24H,4-18,22,25-27H2,1-3H3. The Bertz CT molecular complexity index is 651. The molecular weight excluding hydrogens is 436 g/mol. The highest BCUT2D eigenvalue weighted by molar-refractivity contribution is 6.00. The Balaban J connectivity index is 2.13. The zero-order valence-corrected chi connectivity index (χ0v) is 23.0. The maximum Gasteiger partial charge on any atom is 0.323 e. The van der Waals surface area contributed by atoms with Crippen molar-refractivity contribution >= 4 is 11.9 Å². The van der Waals surface area contributed by atoms with E-state index in [9.17, 15) is 9.59 Å². The smallest absolute Gasteiger partial charge is 0.323 e. The minimum Gasteiger partial charge on any atom is -0.465 e. The fourth-order valence-corrected chi connectivity index (χ4v) is 4.55. The van der Waals surface area contributed by atoms with Gasteiger partial charge in [0, 0.05) is 6.42 Å². The van der Waals surface area contributed by atoms with Crippen molar-refractivity contribution in [2.24, 2.45) is 5.41 Å². The van der Waals surface area contributed by atoms with Crippen molar-refractivity contribution in [3.63, 3.8) is 0 Å². The van der Waals surface area contributed by atoms with Crippen molar-refractivity contribution in [3.8, 4) is 0 Å². The van der Waals surface area contributed by atoms with Gasteiger partial charge in [0.2, 0.25) is 0 Å². The molecule has 0 spiro atoms. The fourth-order valence-electron chi connectivity index (χ4n) is 4.55. The van der Waals surface area contributed by atoms with E-state index in [1.807, 2.05) is 44.2 Å². The highest BCUT2D eigenvalue weighted by Crippen LogP contribution is 2.30. The average Bonchev–Trinajstić information content (AvgIpc) is 2.88. The maximum atomic E-state index is 12.8. The summed E-state index contributed by atoms with van der Waals surface area (Å²) < 4.78 is 11.0. The molecule has 0 atom stereocenters. The summed E-state index contributed by atoms with van der Waals surface area (Å²) >= 11 is 0. The van der Waals surface area contributed by atoms with Gasteiger partial charge >= 0.3 is 11.9 Å². The lowest BCUT2D eigenvalue weighted by molar-refractivity contribution is -0.173. The van der Waals surface area contributed by atoms with Crippen LogP contribution in [0.1, 0.15) is 129 Å². The molecular formula is C31H52O4. The molecule has 200 valence electrons. The number of hydrogen-bond acceptors (Lipinski definition) is 4. The van der Waals surface area contributed by atoms with Crippen LogP contribution < -0.4 is 0 Å². The highest BCUT2D eigenvalue weighted by Gasteiger charge is 2.45. The van der Waals surface area contributed by atoms with Crippen LogP contribution in [0.25, 0.3) is 0 Å². The number of benzene rings is 1. The Hall–Kier alpha value is -1.84. The zero-order chi connectivity index (χ0) is 25.6. The first-order chi connectivity index (χ1) is 17.1. The van der Waals surface area contributed by atoms with Crippen molar-refractivity contribution < 1.29 is 19.1 Å². The molecule has 0 unspecified atom stereocenters. The van der Waals surface area contributed by atoms with E-state index in [-0.39, 0.29) is 6.61 Å². The van der Waals surface area contributed by atoms with Gasteiger partial charge in [0.05, 0.1) is 13.2 Å². The Kier molecular flexibility index (Phi) is 18.1. The minimum absolute atomic E-state index is 0.275. The molecule has 0 heterocycles. The lowest BCUT2D eigenvalue weighted by Crippen LogP contribution is -2.41. The molecule has 35 heavy (non-hydrogen) atoms. The number of carbonyl (C=O) groups is 2. The number of ether oxygens (including phenoxy) is 2. The summed E-state index contributed by atoms with van der Waals surface area (Å²) in [4.78, 5) is 25.6. The summed E-state index contributed by atoms with van der Waals surface area (Å²) in [7, 11) is 0. The topological polar surface area (TPSA) is 52.6 Å². The van der Waals surface area contributed by atoms with E-state index in [1.54, 1.807) is 0 Å². The minimum atomic E-state index is -1.19. The van der Waals surface area contributed by atoms with E-state index in [0.29, 0.717) is 25.9 Å². The van der Waals surface area contributed by atoms with E-state index in [1.165, 1.54) is 77.0 Å². The number of esters is 2. The van der Waals surface area contributed by atoms with Crippen molar-refractivity contribution in [1.82, 2.24) is 0 Å². The van der Waals surface area contributed by atoms with Crippen molar-refractivity contribution in [1.29, 1.82) is 0 Å². The molecule has 0 amide bonds. The van der Waals surface area contributed by atoms with Gasteiger partial charge in [-0.2, -0.15) is 0 Å². The third kappa shape index (κ3) is 13.2. The molecule has 0 saturated heterocycles. The van der Waals surface area contributed by atoms with Crippen molar-refractivity contribution in [3.05, 3.63) is 35.9 Å². The molecule has 0 saturated carbocycles. The Morgan fingerprint density at radius 1 is 0.600 bits per heavy atom. The van der Waals surface area contributed by atoms with Crippen LogP contribution in [0.3, 0.4) is 0 Å². The predicted octanol–water partition coefficient (Wildman–Crippen LogP) is 8.60. The summed E-state index contributed by atoms with van der Waals surface area (Å²) in [5.74, 6) is -0.883. The first-order valence-corrected chi connectivity index (χ1v) is 14.5. The van der Waals surface area contributed by atoms with Gasteiger partial charge in [-0.15, -0.1) is 0 Å². The summed E-state index contributed by atoms with van der Waals surface area (Å²) in [5.41, 5.74) is -0.0774. The molecule has 0 aromatic heterocycles. The van der Waals surface area contributed by atoms with E-state index in [4.69, 9.17) is 9.47 Å². The zero-order valence-electron chi connectivity index (χ0n) is 23.0. The van der Waals surface area contributed by atoms with Gasteiger partial charge < -0.3 is 9.47 Å². The van der Waals surface area contributed by atoms with E-state index in [0.717, 1.165) is 18.4 Å². The van der Waals surface area contributed by atoms with Gasteiger partial charge in [0.1, 0.15) is 0 Å². The lowest BCUT2D eigenvalue weighted by atomic mass is 9.82. The summed E-state index contributed by atoms with van der Waals surface area (Å²) in [6.45, 7) is 6.64. The van der Waals surface area contributed by atoms with E-state index >= 15 is 0 Å². The Morgan fingerprint density at radius 3 is 1.49 bits per heavy atom. The van der Waals surface area contributed by atoms with Gasteiger partial charge in [-0.05, 0) is 24.8 Å². The SMILES string of the molecule is CCCCCCCCCCCCCCCCOC(=O)C(CC)(CC)C(=O)OCCc1ccccc1. The van der Waals surface area contributed by atoms with Crippen LogP contribution in [0, 0.1) is 5.41 Å². The second-order valence-electron chi connectivity index (χ2n) is 9.89. The second kappa shape index (κ2) is 20.4. The maximum absolute atomic E-state index is 12.8. The van der Waals surface area contributed by atoms with Gasteiger partial charge in [0.15, 0.2) is 5.41 Å². The first-order valence-electron chi connectivity index (χ1n) is 14.5. The van der Waals surface area contributed by atoms with Gasteiger partial charge in [0.25, 0.3) is 0 Å². The fraction of sp³-hybridized carbons (Fsp3) is 0.742. The monoisotopic (exact) mass is 488 g/mol. The van der Waals surface area contributed by atoms with Crippen LogP contribution in [0.4, 0.5) is 0 Å². The van der Waals surface area contributed by atoms with Crippen LogP contribution in [-0.2, 0) is 25.5 Å². The molecule has 0 aliphatic carbocycles. The second-order valence-corrected chi connectivity index (χ2v) is 9.89. The van der Waals surface area contributed by atoms with Crippen LogP contribution in [-0.4, -0.2) is 25.2 Å². The van der Waals surface area contributed by atoms with Gasteiger partial charge in [-0.3, -0.25) is 9.59 Å². The number of carbonyl (C=O) groups excluding carboxylic acids is 2. The quantitative estimate of drug-likeness (QED) is 0.0931. The molecule has 4 nitrogen and oxygen atoms in total. The third-order valence-corrected chi connectivity index (χ3v) is 7.19. The molecule has 1 rings (SSSR count). The van der Waals surface area contributed by atoms with Crippen molar-refractivity contribution in [2.75, 3.05) is 13.2 Å². The normalized spacial score (nSPS) is 11.4.